The number of benzene rings is 2. The SMILES string of the molecule is CC[C@@H](C)NC(=O)c1ccc2c(c1)C[C@H](C)N2S(=O)(=O)c1ccccc1. The van der Waals surface area contributed by atoms with Crippen molar-refractivity contribution in [1.29, 1.82) is 0 Å². The van der Waals surface area contributed by atoms with Crippen molar-refractivity contribution >= 4 is 21.6 Å². The summed E-state index contributed by atoms with van der Waals surface area (Å²) in [6.07, 6.45) is 1.45. The number of carbonyl (C=O) groups is 1. The molecule has 6 heteroatoms. The molecule has 0 aromatic heterocycles. The largest absolute Gasteiger partial charge is 0.350 e. The molecule has 1 amide bonds. The maximum absolute atomic E-state index is 13.1. The third kappa shape index (κ3) is 3.33. The molecule has 0 radical (unpaired) electrons. The van der Waals surface area contributed by atoms with Crippen molar-refractivity contribution in [2.24, 2.45) is 0 Å². The maximum atomic E-state index is 13.1. The van der Waals surface area contributed by atoms with E-state index in [1.54, 1.807) is 42.5 Å². The summed E-state index contributed by atoms with van der Waals surface area (Å²) in [7, 11) is -3.62. The minimum Gasteiger partial charge on any atom is -0.350 e. The van der Waals surface area contributed by atoms with Crippen LogP contribution in [0.25, 0.3) is 0 Å². The lowest BCUT2D eigenvalue weighted by Gasteiger charge is -2.24. The first-order valence-electron chi connectivity index (χ1n) is 8.88. The van der Waals surface area contributed by atoms with E-state index in [0.717, 1.165) is 12.0 Å². The van der Waals surface area contributed by atoms with Gasteiger partial charge in [0.15, 0.2) is 0 Å². The van der Waals surface area contributed by atoms with E-state index in [0.29, 0.717) is 17.7 Å². The van der Waals surface area contributed by atoms with E-state index in [1.165, 1.54) is 4.31 Å². The molecule has 1 aliphatic rings. The number of hydrogen-bond acceptors (Lipinski definition) is 3. The summed E-state index contributed by atoms with van der Waals surface area (Å²) in [6.45, 7) is 5.86. The van der Waals surface area contributed by atoms with Crippen LogP contribution in [0.1, 0.15) is 43.1 Å². The number of carbonyl (C=O) groups excluding carboxylic acids is 1. The Morgan fingerprint density at radius 1 is 1.23 bits per heavy atom. The molecule has 2 aromatic rings. The number of rotatable bonds is 5. The lowest BCUT2D eigenvalue weighted by molar-refractivity contribution is 0.0939. The van der Waals surface area contributed by atoms with Crippen molar-refractivity contribution in [3.63, 3.8) is 0 Å². The van der Waals surface area contributed by atoms with Gasteiger partial charge >= 0.3 is 0 Å². The lowest BCUT2D eigenvalue weighted by atomic mass is 10.1. The number of nitrogens with one attached hydrogen (secondary N) is 1. The van der Waals surface area contributed by atoms with E-state index < -0.39 is 10.0 Å². The molecule has 1 heterocycles. The van der Waals surface area contributed by atoms with Crippen LogP contribution in [0.15, 0.2) is 53.4 Å². The molecular formula is C20H24N2O3S. The predicted molar refractivity (Wildman–Crippen MR) is 103 cm³/mol. The minimum absolute atomic E-state index is 0.102. The number of hydrogen-bond donors (Lipinski definition) is 1. The fourth-order valence-corrected chi connectivity index (χ4v) is 4.94. The van der Waals surface area contributed by atoms with E-state index in [9.17, 15) is 13.2 Å². The van der Waals surface area contributed by atoms with Crippen LogP contribution in [0.3, 0.4) is 0 Å². The lowest BCUT2D eigenvalue weighted by Crippen LogP contribution is -2.35. The summed E-state index contributed by atoms with van der Waals surface area (Å²) < 4.78 is 27.6. The van der Waals surface area contributed by atoms with Gasteiger partial charge < -0.3 is 5.32 Å². The zero-order chi connectivity index (χ0) is 18.9. The Kier molecular flexibility index (Phi) is 5.05. The van der Waals surface area contributed by atoms with Gasteiger partial charge in [0.05, 0.1) is 10.6 Å². The summed E-state index contributed by atoms with van der Waals surface area (Å²) in [5.41, 5.74) is 2.10. The van der Waals surface area contributed by atoms with Crippen LogP contribution in [0.2, 0.25) is 0 Å². The molecule has 0 saturated heterocycles. The fourth-order valence-electron chi connectivity index (χ4n) is 3.23. The standard InChI is InChI=1S/C20H24N2O3S/c1-4-14(2)21-20(23)16-10-11-19-17(13-16)12-15(3)22(19)26(24,25)18-8-6-5-7-9-18/h5-11,13-15H,4,12H2,1-3H3,(H,21,23)/t14-,15+/m1/s1. The smallest absolute Gasteiger partial charge is 0.264 e. The number of fused-ring (bicyclic) bond motifs is 1. The quantitative estimate of drug-likeness (QED) is 0.875. The van der Waals surface area contributed by atoms with Gasteiger partial charge in [-0.3, -0.25) is 9.10 Å². The first-order valence-corrected chi connectivity index (χ1v) is 10.3. The van der Waals surface area contributed by atoms with Crippen molar-refractivity contribution in [2.75, 3.05) is 4.31 Å². The van der Waals surface area contributed by atoms with Crippen LogP contribution in [0.4, 0.5) is 5.69 Å². The van der Waals surface area contributed by atoms with E-state index in [-0.39, 0.29) is 22.9 Å². The van der Waals surface area contributed by atoms with Gasteiger partial charge in [-0.15, -0.1) is 0 Å². The minimum atomic E-state index is -3.62. The summed E-state index contributed by atoms with van der Waals surface area (Å²) in [5, 5.41) is 2.94. The molecule has 1 aliphatic heterocycles. The highest BCUT2D eigenvalue weighted by Crippen LogP contribution is 2.37. The molecule has 0 bridgehead atoms. The van der Waals surface area contributed by atoms with Gasteiger partial charge in [0.1, 0.15) is 0 Å². The Labute approximate surface area is 155 Å². The summed E-state index contributed by atoms with van der Waals surface area (Å²) in [5.74, 6) is -0.126. The highest BCUT2D eigenvalue weighted by atomic mass is 32.2. The van der Waals surface area contributed by atoms with Crippen molar-refractivity contribution in [1.82, 2.24) is 5.32 Å². The third-order valence-electron chi connectivity index (χ3n) is 4.78. The van der Waals surface area contributed by atoms with Crippen LogP contribution >= 0.6 is 0 Å². The molecule has 2 atom stereocenters. The Balaban J connectivity index is 1.94. The van der Waals surface area contributed by atoms with Crippen molar-refractivity contribution < 1.29 is 13.2 Å². The molecule has 0 unspecified atom stereocenters. The van der Waals surface area contributed by atoms with Gasteiger partial charge in [0, 0.05) is 17.6 Å². The average Bonchev–Trinajstić information content (AvgIpc) is 2.97. The molecule has 138 valence electrons. The Bertz CT molecular complexity index is 910. The number of anilines is 1. The maximum Gasteiger partial charge on any atom is 0.264 e. The third-order valence-corrected chi connectivity index (χ3v) is 6.73. The van der Waals surface area contributed by atoms with Crippen molar-refractivity contribution in [3.8, 4) is 0 Å². The fraction of sp³-hybridized carbons (Fsp3) is 0.350. The first-order chi connectivity index (χ1) is 12.3. The monoisotopic (exact) mass is 372 g/mol. The van der Waals surface area contributed by atoms with Gasteiger partial charge in [0.25, 0.3) is 15.9 Å². The summed E-state index contributed by atoms with van der Waals surface area (Å²) in [4.78, 5) is 12.6. The van der Waals surface area contributed by atoms with Gasteiger partial charge in [-0.05, 0) is 62.6 Å². The van der Waals surface area contributed by atoms with E-state index in [1.807, 2.05) is 26.8 Å². The highest BCUT2D eigenvalue weighted by Gasteiger charge is 2.36. The second-order valence-electron chi connectivity index (χ2n) is 6.79. The molecule has 0 saturated carbocycles. The zero-order valence-corrected chi connectivity index (χ0v) is 16.1. The zero-order valence-electron chi connectivity index (χ0n) is 15.3. The van der Waals surface area contributed by atoms with Crippen LogP contribution in [0.5, 0.6) is 0 Å². The molecule has 0 fully saturated rings. The topological polar surface area (TPSA) is 66.5 Å². The van der Waals surface area contributed by atoms with Crippen molar-refractivity contribution in [3.05, 3.63) is 59.7 Å². The first kappa shape index (κ1) is 18.5. The second-order valence-corrected chi connectivity index (χ2v) is 8.61. The molecular weight excluding hydrogens is 348 g/mol. The molecule has 0 aliphatic carbocycles. The highest BCUT2D eigenvalue weighted by molar-refractivity contribution is 7.92. The number of nitrogens with zero attached hydrogens (tertiary/aromatic N) is 1. The van der Waals surface area contributed by atoms with E-state index >= 15 is 0 Å². The van der Waals surface area contributed by atoms with Gasteiger partial charge in [-0.25, -0.2) is 8.42 Å². The Hall–Kier alpha value is -2.34. The Morgan fingerprint density at radius 2 is 1.92 bits per heavy atom. The summed E-state index contributed by atoms with van der Waals surface area (Å²) in [6, 6.07) is 13.6. The summed E-state index contributed by atoms with van der Waals surface area (Å²) >= 11 is 0. The molecule has 0 spiro atoms. The van der Waals surface area contributed by atoms with Gasteiger partial charge in [0.2, 0.25) is 0 Å². The number of sulfonamides is 1. The van der Waals surface area contributed by atoms with Crippen molar-refractivity contribution in [2.45, 2.75) is 50.6 Å². The van der Waals surface area contributed by atoms with E-state index in [2.05, 4.69) is 5.32 Å². The van der Waals surface area contributed by atoms with Crippen LogP contribution < -0.4 is 9.62 Å². The molecule has 1 N–H and O–H groups in total. The Morgan fingerprint density at radius 3 is 2.58 bits per heavy atom. The van der Waals surface area contributed by atoms with Gasteiger partial charge in [-0.1, -0.05) is 25.1 Å². The van der Waals surface area contributed by atoms with Crippen LogP contribution in [-0.2, 0) is 16.4 Å². The van der Waals surface area contributed by atoms with Crippen LogP contribution in [-0.4, -0.2) is 26.4 Å². The predicted octanol–water partition coefficient (Wildman–Crippen LogP) is 3.35. The second kappa shape index (κ2) is 7.11. The van der Waals surface area contributed by atoms with Crippen LogP contribution in [0, 0.1) is 0 Å². The van der Waals surface area contributed by atoms with Gasteiger partial charge in [-0.2, -0.15) is 0 Å². The molecule has 2 aromatic carbocycles. The van der Waals surface area contributed by atoms with E-state index in [4.69, 9.17) is 0 Å². The molecule has 5 nitrogen and oxygen atoms in total. The number of amides is 1. The normalized spacial score (nSPS) is 17.7. The molecule has 26 heavy (non-hydrogen) atoms. The average molecular weight is 372 g/mol. The molecule has 3 rings (SSSR count).